The van der Waals surface area contributed by atoms with Crippen LogP contribution in [0.2, 0.25) is 5.02 Å². The molecular formula is C18H22ClFO3. The first-order valence-electron chi connectivity index (χ1n) is 8.21. The third-order valence-electron chi connectivity index (χ3n) is 5.48. The van der Waals surface area contributed by atoms with Crippen molar-refractivity contribution in [2.24, 2.45) is 5.41 Å². The van der Waals surface area contributed by atoms with E-state index in [-0.39, 0.29) is 23.3 Å². The molecule has 1 aromatic carbocycles. The van der Waals surface area contributed by atoms with E-state index in [1.165, 1.54) is 12.1 Å². The van der Waals surface area contributed by atoms with Crippen molar-refractivity contribution in [3.05, 3.63) is 34.6 Å². The van der Waals surface area contributed by atoms with Gasteiger partial charge < -0.3 is 9.84 Å². The second-order valence-electron chi connectivity index (χ2n) is 7.17. The smallest absolute Gasteiger partial charge is 0.303 e. The molecule has 3 nitrogen and oxygen atoms in total. The van der Waals surface area contributed by atoms with Crippen LogP contribution in [0.15, 0.2) is 18.2 Å². The van der Waals surface area contributed by atoms with Crippen LogP contribution in [0.25, 0.3) is 0 Å². The van der Waals surface area contributed by atoms with E-state index in [0.29, 0.717) is 11.6 Å². The molecule has 2 saturated carbocycles. The molecule has 0 saturated heterocycles. The lowest BCUT2D eigenvalue weighted by atomic mass is 9.80. The van der Waals surface area contributed by atoms with Gasteiger partial charge in [-0.25, -0.2) is 4.39 Å². The molecule has 2 fully saturated rings. The van der Waals surface area contributed by atoms with Gasteiger partial charge in [-0.3, -0.25) is 4.79 Å². The van der Waals surface area contributed by atoms with Crippen molar-refractivity contribution in [3.63, 3.8) is 0 Å². The molecule has 1 N–H and O–H groups in total. The van der Waals surface area contributed by atoms with Gasteiger partial charge in [-0.05, 0) is 74.1 Å². The number of fused-ring (bicyclic) bond motifs is 2. The molecule has 3 rings (SSSR count). The molecule has 0 heterocycles. The van der Waals surface area contributed by atoms with Crippen LogP contribution >= 0.6 is 11.6 Å². The van der Waals surface area contributed by atoms with E-state index in [1.807, 2.05) is 0 Å². The Bertz CT molecular complexity index is 574. The van der Waals surface area contributed by atoms with Crippen molar-refractivity contribution in [2.45, 2.75) is 63.6 Å². The van der Waals surface area contributed by atoms with Crippen LogP contribution in [-0.2, 0) is 16.1 Å². The molecule has 126 valence electrons. The third kappa shape index (κ3) is 3.86. The predicted octanol–water partition coefficient (Wildman–Crippen LogP) is 4.95. The van der Waals surface area contributed by atoms with Gasteiger partial charge in [0, 0.05) is 11.4 Å². The molecule has 23 heavy (non-hydrogen) atoms. The van der Waals surface area contributed by atoms with Gasteiger partial charge in [-0.2, -0.15) is 0 Å². The van der Waals surface area contributed by atoms with Crippen LogP contribution in [0.1, 0.15) is 56.9 Å². The number of carboxylic acids is 1. The molecule has 2 aliphatic rings. The highest BCUT2D eigenvalue weighted by Gasteiger charge is 2.54. The van der Waals surface area contributed by atoms with Crippen molar-refractivity contribution < 1.29 is 19.0 Å². The molecular weight excluding hydrogens is 319 g/mol. The number of benzene rings is 1. The summed E-state index contributed by atoms with van der Waals surface area (Å²) in [5, 5.41) is 9.18. The monoisotopic (exact) mass is 340 g/mol. The minimum absolute atomic E-state index is 0.109. The highest BCUT2D eigenvalue weighted by molar-refractivity contribution is 6.30. The highest BCUT2D eigenvalue weighted by Crippen LogP contribution is 2.60. The molecule has 2 bridgehead atoms. The number of hydrogen-bond acceptors (Lipinski definition) is 2. The Balaban J connectivity index is 1.56. The zero-order valence-corrected chi connectivity index (χ0v) is 13.9. The number of rotatable bonds is 7. The summed E-state index contributed by atoms with van der Waals surface area (Å²) >= 11 is 5.88. The summed E-state index contributed by atoms with van der Waals surface area (Å²) in [6.45, 7) is 0.378. The maximum Gasteiger partial charge on any atom is 0.303 e. The summed E-state index contributed by atoms with van der Waals surface area (Å²) in [6, 6.07) is 4.50. The van der Waals surface area contributed by atoms with Crippen molar-refractivity contribution in [1.29, 1.82) is 0 Å². The summed E-state index contributed by atoms with van der Waals surface area (Å²) in [4.78, 5) is 10.7. The van der Waals surface area contributed by atoms with Gasteiger partial charge in [0.15, 0.2) is 0 Å². The largest absolute Gasteiger partial charge is 0.481 e. The van der Waals surface area contributed by atoms with E-state index in [0.717, 1.165) is 50.5 Å². The Morgan fingerprint density at radius 1 is 1.26 bits per heavy atom. The minimum atomic E-state index is -0.720. The van der Waals surface area contributed by atoms with Crippen molar-refractivity contribution >= 4 is 17.6 Å². The summed E-state index contributed by atoms with van der Waals surface area (Å²) in [5.41, 5.74) is 0.913. The number of aliphatic carboxylic acids is 1. The molecule has 0 aromatic heterocycles. The summed E-state index contributed by atoms with van der Waals surface area (Å²) in [6.07, 6.45) is 7.21. The minimum Gasteiger partial charge on any atom is -0.481 e. The van der Waals surface area contributed by atoms with Gasteiger partial charge in [-0.15, -0.1) is 0 Å². The zero-order chi connectivity index (χ0) is 16.5. The quantitative estimate of drug-likeness (QED) is 0.763. The average molecular weight is 341 g/mol. The van der Waals surface area contributed by atoms with Gasteiger partial charge in [-0.1, -0.05) is 11.6 Å². The SMILES string of the molecule is O=C(O)CCCC12CCC(OCc3cc(F)cc(Cl)c3)(CC1)C2. The third-order valence-corrected chi connectivity index (χ3v) is 5.70. The summed E-state index contributed by atoms with van der Waals surface area (Å²) in [7, 11) is 0. The lowest BCUT2D eigenvalue weighted by molar-refractivity contribution is -0.137. The van der Waals surface area contributed by atoms with Crippen LogP contribution in [0, 0.1) is 11.2 Å². The topological polar surface area (TPSA) is 46.5 Å². The second kappa shape index (κ2) is 6.40. The summed E-state index contributed by atoms with van der Waals surface area (Å²) < 4.78 is 19.6. The maximum atomic E-state index is 13.4. The number of carboxylic acid groups (broad SMARTS) is 1. The second-order valence-corrected chi connectivity index (χ2v) is 7.61. The van der Waals surface area contributed by atoms with E-state index in [1.54, 1.807) is 6.07 Å². The fourth-order valence-corrected chi connectivity index (χ4v) is 4.60. The number of ether oxygens (including phenoxy) is 1. The average Bonchev–Trinajstić information content (AvgIpc) is 3.00. The highest BCUT2D eigenvalue weighted by atomic mass is 35.5. The Labute approximate surface area is 140 Å². The lowest BCUT2D eigenvalue weighted by Crippen LogP contribution is -2.26. The van der Waals surface area contributed by atoms with E-state index in [2.05, 4.69) is 0 Å². The molecule has 5 heteroatoms. The fraction of sp³-hybridized carbons (Fsp3) is 0.611. The van der Waals surface area contributed by atoms with E-state index < -0.39 is 5.97 Å². The van der Waals surface area contributed by atoms with E-state index in [4.69, 9.17) is 21.4 Å². The summed E-state index contributed by atoms with van der Waals surface area (Å²) in [5.74, 6) is -1.06. The van der Waals surface area contributed by atoms with Crippen molar-refractivity contribution in [3.8, 4) is 0 Å². The van der Waals surface area contributed by atoms with Gasteiger partial charge in [0.1, 0.15) is 5.82 Å². The first-order chi connectivity index (χ1) is 10.9. The molecule has 0 atom stereocenters. The van der Waals surface area contributed by atoms with Gasteiger partial charge in [0.05, 0.1) is 12.2 Å². The fourth-order valence-electron chi connectivity index (χ4n) is 4.35. The molecule has 0 unspecified atom stereocenters. The number of carbonyl (C=O) groups is 1. The molecule has 1 aromatic rings. The Hall–Kier alpha value is -1.13. The van der Waals surface area contributed by atoms with Gasteiger partial charge in [0.2, 0.25) is 0 Å². The normalized spacial score (nSPS) is 29.1. The molecule has 0 spiro atoms. The van der Waals surface area contributed by atoms with E-state index in [9.17, 15) is 9.18 Å². The molecule has 2 aliphatic carbocycles. The number of halogens is 2. The van der Waals surface area contributed by atoms with Crippen molar-refractivity contribution in [1.82, 2.24) is 0 Å². The van der Waals surface area contributed by atoms with Crippen LogP contribution in [0.4, 0.5) is 4.39 Å². The Morgan fingerprint density at radius 3 is 2.65 bits per heavy atom. The maximum absolute atomic E-state index is 13.4. The lowest BCUT2D eigenvalue weighted by Gasteiger charge is -2.28. The first-order valence-corrected chi connectivity index (χ1v) is 8.59. The standard InChI is InChI=1S/C18H22ClFO3/c19-14-8-13(9-15(20)10-14)11-23-18-6-4-17(12-18,5-7-18)3-1-2-16(21)22/h8-10H,1-7,11-12H2,(H,21,22). The molecule has 0 aliphatic heterocycles. The molecule has 0 amide bonds. The molecule has 0 radical (unpaired) electrons. The van der Waals surface area contributed by atoms with Crippen LogP contribution in [-0.4, -0.2) is 16.7 Å². The Kier molecular flexibility index (Phi) is 4.65. The van der Waals surface area contributed by atoms with Crippen LogP contribution in [0.5, 0.6) is 0 Å². The van der Waals surface area contributed by atoms with Crippen LogP contribution < -0.4 is 0 Å². The predicted molar refractivity (Wildman–Crippen MR) is 85.9 cm³/mol. The number of hydrogen-bond donors (Lipinski definition) is 1. The van der Waals surface area contributed by atoms with Gasteiger partial charge in [0.25, 0.3) is 0 Å². The first kappa shape index (κ1) is 16.7. The van der Waals surface area contributed by atoms with E-state index >= 15 is 0 Å². The Morgan fingerprint density at radius 2 is 2.00 bits per heavy atom. The van der Waals surface area contributed by atoms with Crippen LogP contribution in [0.3, 0.4) is 0 Å². The van der Waals surface area contributed by atoms with Crippen molar-refractivity contribution in [2.75, 3.05) is 0 Å². The van der Waals surface area contributed by atoms with Gasteiger partial charge >= 0.3 is 5.97 Å². The zero-order valence-electron chi connectivity index (χ0n) is 13.1.